The lowest BCUT2D eigenvalue weighted by Gasteiger charge is -2.17. The first-order chi connectivity index (χ1) is 8.88. The summed E-state index contributed by atoms with van der Waals surface area (Å²) in [5.41, 5.74) is 0. The summed E-state index contributed by atoms with van der Waals surface area (Å²) in [5.74, 6) is -2.85. The van der Waals surface area contributed by atoms with Crippen LogP contribution < -0.4 is 0 Å². The molecule has 0 aliphatic rings. The molecule has 0 rings (SSSR count). The molecule has 1 atom stereocenters. The SMILES string of the molecule is O=C(O)CC(O)C(=O)O.OCCN(CCO)CCO. The minimum absolute atomic E-state index is 0.0694. The summed E-state index contributed by atoms with van der Waals surface area (Å²) in [6.45, 7) is 1.75. The van der Waals surface area contributed by atoms with Crippen LogP contribution in [0.3, 0.4) is 0 Å². The third-order valence-electron chi connectivity index (χ3n) is 1.90. The fourth-order valence-electron chi connectivity index (χ4n) is 1.01. The highest BCUT2D eigenvalue weighted by atomic mass is 16.4. The van der Waals surface area contributed by atoms with Crippen LogP contribution in [0.4, 0.5) is 0 Å². The fraction of sp³-hybridized carbons (Fsp3) is 0.800. The second kappa shape index (κ2) is 13.2. The maximum atomic E-state index is 9.72. The molecule has 0 aliphatic carbocycles. The standard InChI is InChI=1S/C6H15NO3.C4H6O5/c8-4-1-7(2-5-9)3-6-10;5-2(4(8)9)1-3(6)7/h8-10H,1-6H2;2,5H,1H2,(H,6,7)(H,8,9). The lowest BCUT2D eigenvalue weighted by Crippen LogP contribution is -2.32. The van der Waals surface area contributed by atoms with Gasteiger partial charge in [-0.05, 0) is 0 Å². The molecule has 0 aliphatic heterocycles. The summed E-state index contributed by atoms with van der Waals surface area (Å²) in [4.78, 5) is 21.2. The fourth-order valence-corrected chi connectivity index (χ4v) is 1.01. The van der Waals surface area contributed by atoms with Crippen molar-refractivity contribution >= 4 is 11.9 Å². The molecule has 1 unspecified atom stereocenters. The number of carboxylic acids is 2. The number of rotatable bonds is 9. The molecule has 0 fully saturated rings. The number of carboxylic acid groups (broad SMARTS) is 2. The molecule has 0 saturated heterocycles. The van der Waals surface area contributed by atoms with Crippen molar-refractivity contribution in [2.45, 2.75) is 12.5 Å². The van der Waals surface area contributed by atoms with Crippen molar-refractivity contribution in [3.8, 4) is 0 Å². The van der Waals surface area contributed by atoms with Gasteiger partial charge in [0.2, 0.25) is 0 Å². The van der Waals surface area contributed by atoms with Gasteiger partial charge in [0, 0.05) is 19.6 Å². The predicted octanol–water partition coefficient (Wildman–Crippen LogP) is -2.83. The van der Waals surface area contributed by atoms with Crippen molar-refractivity contribution in [2.75, 3.05) is 39.5 Å². The number of aliphatic carboxylic acids is 2. The minimum atomic E-state index is -1.79. The van der Waals surface area contributed by atoms with Crippen LogP contribution in [-0.4, -0.2) is 93.0 Å². The lowest BCUT2D eigenvalue weighted by molar-refractivity contribution is -0.152. The van der Waals surface area contributed by atoms with E-state index in [9.17, 15) is 9.59 Å². The Bertz CT molecular complexity index is 233. The Labute approximate surface area is 110 Å². The largest absolute Gasteiger partial charge is 0.481 e. The van der Waals surface area contributed by atoms with E-state index in [1.807, 2.05) is 0 Å². The molecule has 0 aromatic carbocycles. The monoisotopic (exact) mass is 283 g/mol. The van der Waals surface area contributed by atoms with Crippen molar-refractivity contribution in [3.05, 3.63) is 0 Å². The minimum Gasteiger partial charge on any atom is -0.481 e. The summed E-state index contributed by atoms with van der Waals surface area (Å²) in [5, 5.41) is 49.6. The number of carbonyl (C=O) groups is 2. The highest BCUT2D eigenvalue weighted by molar-refractivity contribution is 5.79. The van der Waals surface area contributed by atoms with Crippen molar-refractivity contribution in [1.82, 2.24) is 4.90 Å². The van der Waals surface area contributed by atoms with Gasteiger partial charge in [-0.15, -0.1) is 0 Å². The molecular weight excluding hydrogens is 262 g/mol. The molecule has 9 nitrogen and oxygen atoms in total. The molecule has 0 aromatic rings. The molecule has 114 valence electrons. The van der Waals surface area contributed by atoms with Crippen LogP contribution in [0, 0.1) is 0 Å². The maximum absolute atomic E-state index is 9.72. The summed E-state index contributed by atoms with van der Waals surface area (Å²) < 4.78 is 0. The van der Waals surface area contributed by atoms with Crippen molar-refractivity contribution in [2.24, 2.45) is 0 Å². The Hall–Kier alpha value is -1.26. The van der Waals surface area contributed by atoms with Crippen LogP contribution in [0.25, 0.3) is 0 Å². The van der Waals surface area contributed by atoms with Crippen molar-refractivity contribution in [3.63, 3.8) is 0 Å². The summed E-state index contributed by atoms with van der Waals surface area (Å²) in [6, 6.07) is 0. The second-order valence-corrected chi connectivity index (χ2v) is 3.46. The highest BCUT2D eigenvalue weighted by Gasteiger charge is 2.16. The lowest BCUT2D eigenvalue weighted by atomic mass is 10.3. The molecular formula is C10H21NO8. The van der Waals surface area contributed by atoms with Gasteiger partial charge in [0.25, 0.3) is 0 Å². The van der Waals surface area contributed by atoms with Gasteiger partial charge in [0.05, 0.1) is 26.2 Å². The molecule has 19 heavy (non-hydrogen) atoms. The van der Waals surface area contributed by atoms with Crippen LogP contribution in [0.15, 0.2) is 0 Å². The number of nitrogens with zero attached hydrogens (tertiary/aromatic N) is 1. The summed E-state index contributed by atoms with van der Waals surface area (Å²) >= 11 is 0. The molecule has 0 aromatic heterocycles. The first-order valence-electron chi connectivity index (χ1n) is 5.56. The molecule has 0 bridgehead atoms. The molecule has 9 heteroatoms. The van der Waals surface area contributed by atoms with Gasteiger partial charge < -0.3 is 30.6 Å². The topological polar surface area (TPSA) is 159 Å². The van der Waals surface area contributed by atoms with E-state index < -0.39 is 24.5 Å². The molecule has 6 N–H and O–H groups in total. The Balaban J connectivity index is 0. The van der Waals surface area contributed by atoms with Crippen molar-refractivity contribution in [1.29, 1.82) is 0 Å². The van der Waals surface area contributed by atoms with E-state index in [1.54, 1.807) is 4.90 Å². The predicted molar refractivity (Wildman–Crippen MR) is 63.6 cm³/mol. The van der Waals surface area contributed by atoms with E-state index in [1.165, 1.54) is 0 Å². The van der Waals surface area contributed by atoms with Crippen LogP contribution >= 0.6 is 0 Å². The average Bonchev–Trinajstić information content (AvgIpc) is 2.30. The van der Waals surface area contributed by atoms with Gasteiger partial charge in [-0.3, -0.25) is 9.69 Å². The Morgan fingerprint density at radius 3 is 1.42 bits per heavy atom. The van der Waals surface area contributed by atoms with Gasteiger partial charge in [-0.1, -0.05) is 0 Å². The maximum Gasteiger partial charge on any atom is 0.333 e. The normalized spacial score (nSPS) is 11.6. The molecule has 0 radical (unpaired) electrons. The Morgan fingerprint density at radius 2 is 1.26 bits per heavy atom. The Kier molecular flexibility index (Phi) is 13.9. The van der Waals surface area contributed by atoms with E-state index in [2.05, 4.69) is 0 Å². The zero-order valence-electron chi connectivity index (χ0n) is 10.5. The van der Waals surface area contributed by atoms with Gasteiger partial charge in [0.15, 0.2) is 6.10 Å². The number of aliphatic hydroxyl groups excluding tert-OH is 4. The van der Waals surface area contributed by atoms with Gasteiger partial charge in [-0.25, -0.2) is 4.79 Å². The van der Waals surface area contributed by atoms with Gasteiger partial charge in [0.1, 0.15) is 0 Å². The zero-order valence-corrected chi connectivity index (χ0v) is 10.5. The van der Waals surface area contributed by atoms with E-state index in [0.29, 0.717) is 19.6 Å². The van der Waals surface area contributed by atoms with Crippen molar-refractivity contribution < 1.29 is 40.2 Å². The number of hydrogen-bond donors (Lipinski definition) is 6. The van der Waals surface area contributed by atoms with Crippen LogP contribution in [-0.2, 0) is 9.59 Å². The van der Waals surface area contributed by atoms with E-state index in [-0.39, 0.29) is 19.8 Å². The molecule has 0 saturated carbocycles. The van der Waals surface area contributed by atoms with E-state index in [4.69, 9.17) is 30.6 Å². The molecule has 0 amide bonds. The van der Waals surface area contributed by atoms with Gasteiger partial charge >= 0.3 is 11.9 Å². The van der Waals surface area contributed by atoms with Gasteiger partial charge in [-0.2, -0.15) is 0 Å². The third kappa shape index (κ3) is 14.7. The van der Waals surface area contributed by atoms with E-state index >= 15 is 0 Å². The molecule has 0 spiro atoms. The zero-order chi connectivity index (χ0) is 15.3. The smallest absolute Gasteiger partial charge is 0.333 e. The highest BCUT2D eigenvalue weighted by Crippen LogP contribution is 1.89. The van der Waals surface area contributed by atoms with Crippen LogP contribution in [0.2, 0.25) is 0 Å². The number of aliphatic hydroxyl groups is 4. The first-order valence-corrected chi connectivity index (χ1v) is 5.56. The summed E-state index contributed by atoms with van der Waals surface area (Å²) in [6.07, 6.45) is -2.54. The first kappa shape index (κ1) is 20.1. The van der Waals surface area contributed by atoms with Crippen LogP contribution in [0.1, 0.15) is 6.42 Å². The third-order valence-corrected chi connectivity index (χ3v) is 1.90. The summed E-state index contributed by atoms with van der Waals surface area (Å²) in [7, 11) is 0. The molecule has 0 heterocycles. The van der Waals surface area contributed by atoms with E-state index in [0.717, 1.165) is 0 Å². The average molecular weight is 283 g/mol. The quantitative estimate of drug-likeness (QED) is 0.262. The second-order valence-electron chi connectivity index (χ2n) is 3.46. The van der Waals surface area contributed by atoms with Crippen LogP contribution in [0.5, 0.6) is 0 Å². The number of hydrogen-bond acceptors (Lipinski definition) is 7. The Morgan fingerprint density at radius 1 is 0.895 bits per heavy atom.